The van der Waals surface area contributed by atoms with Gasteiger partial charge in [-0.05, 0) is 43.0 Å². The van der Waals surface area contributed by atoms with Crippen LogP contribution in [-0.2, 0) is 11.3 Å². The van der Waals surface area contributed by atoms with Crippen molar-refractivity contribution in [1.29, 1.82) is 0 Å². The van der Waals surface area contributed by atoms with Gasteiger partial charge in [0.2, 0.25) is 11.8 Å². The third-order valence-corrected chi connectivity index (χ3v) is 3.49. The van der Waals surface area contributed by atoms with Gasteiger partial charge in [-0.2, -0.15) is 0 Å². The summed E-state index contributed by atoms with van der Waals surface area (Å²) in [6, 6.07) is 7.01. The number of nitrogens with one attached hydrogen (secondary N) is 1. The van der Waals surface area contributed by atoms with Gasteiger partial charge in [-0.3, -0.25) is 9.59 Å². The van der Waals surface area contributed by atoms with Crippen molar-refractivity contribution in [3.8, 4) is 0 Å². The Morgan fingerprint density at radius 3 is 2.50 bits per heavy atom. The van der Waals surface area contributed by atoms with Crippen molar-refractivity contribution < 1.29 is 9.59 Å². The molecule has 1 aromatic carbocycles. The van der Waals surface area contributed by atoms with E-state index in [-0.39, 0.29) is 5.91 Å². The molecule has 2 rings (SSSR count). The van der Waals surface area contributed by atoms with E-state index in [0.29, 0.717) is 18.7 Å². The molecule has 0 unspecified atom stereocenters. The van der Waals surface area contributed by atoms with Crippen molar-refractivity contribution in [2.24, 2.45) is 11.7 Å². The smallest absolute Gasteiger partial charge is 0.248 e. The average molecular weight is 275 g/mol. The zero-order valence-electron chi connectivity index (χ0n) is 11.8. The minimum Gasteiger partial charge on any atom is -0.366 e. The molecule has 0 heterocycles. The number of likely N-dealkylation sites (N-methyl/N-ethyl adjacent to an activating group) is 1. The number of hydrogen-bond acceptors (Lipinski definition) is 3. The maximum atomic E-state index is 11.9. The normalized spacial score (nSPS) is 14.1. The number of primary amides is 1. The Labute approximate surface area is 119 Å². The highest BCUT2D eigenvalue weighted by Crippen LogP contribution is 2.27. The lowest BCUT2D eigenvalue weighted by atomic mass is 10.1. The second-order valence-corrected chi connectivity index (χ2v) is 5.39. The summed E-state index contributed by atoms with van der Waals surface area (Å²) in [5, 5.41) is 3.19. The molecule has 1 saturated carbocycles. The molecule has 0 aliphatic heterocycles. The molecule has 1 fully saturated rings. The van der Waals surface area contributed by atoms with Gasteiger partial charge in [0.15, 0.2) is 0 Å². The van der Waals surface area contributed by atoms with Gasteiger partial charge in [-0.25, -0.2) is 0 Å². The minimum absolute atomic E-state index is 0.0737. The highest BCUT2D eigenvalue weighted by molar-refractivity contribution is 5.92. The van der Waals surface area contributed by atoms with E-state index in [9.17, 15) is 9.59 Å². The number of nitrogens with two attached hydrogens (primary N) is 1. The zero-order valence-corrected chi connectivity index (χ0v) is 11.8. The second kappa shape index (κ2) is 6.52. The molecule has 20 heavy (non-hydrogen) atoms. The molecule has 0 aromatic heterocycles. The maximum Gasteiger partial charge on any atom is 0.248 e. The van der Waals surface area contributed by atoms with Crippen LogP contribution in [0.1, 0.15) is 28.8 Å². The van der Waals surface area contributed by atoms with Crippen LogP contribution >= 0.6 is 0 Å². The van der Waals surface area contributed by atoms with Crippen LogP contribution in [0.15, 0.2) is 24.3 Å². The first-order valence-electron chi connectivity index (χ1n) is 6.89. The number of nitrogens with zero attached hydrogens (tertiary/aromatic N) is 1. The van der Waals surface area contributed by atoms with Gasteiger partial charge in [0.25, 0.3) is 0 Å². The van der Waals surface area contributed by atoms with Crippen molar-refractivity contribution in [2.75, 3.05) is 20.1 Å². The summed E-state index contributed by atoms with van der Waals surface area (Å²) in [5.74, 6) is 0.407. The fraction of sp³-hybridized carbons (Fsp3) is 0.467. The summed E-state index contributed by atoms with van der Waals surface area (Å²) in [6.07, 6.45) is 2.56. The molecular formula is C15H21N3O2. The lowest BCUT2D eigenvalue weighted by Crippen LogP contribution is -2.35. The molecule has 5 nitrogen and oxygen atoms in total. The van der Waals surface area contributed by atoms with Gasteiger partial charge < -0.3 is 16.0 Å². The van der Waals surface area contributed by atoms with Gasteiger partial charge in [0.05, 0.1) is 6.54 Å². The van der Waals surface area contributed by atoms with Crippen molar-refractivity contribution in [2.45, 2.75) is 19.4 Å². The van der Waals surface area contributed by atoms with E-state index in [0.717, 1.165) is 18.0 Å². The van der Waals surface area contributed by atoms with Crippen LogP contribution in [0.25, 0.3) is 0 Å². The monoisotopic (exact) mass is 275 g/mol. The second-order valence-electron chi connectivity index (χ2n) is 5.39. The van der Waals surface area contributed by atoms with Crippen molar-refractivity contribution in [3.63, 3.8) is 0 Å². The first-order valence-corrected chi connectivity index (χ1v) is 6.89. The molecule has 0 bridgehead atoms. The van der Waals surface area contributed by atoms with E-state index in [1.54, 1.807) is 24.1 Å². The van der Waals surface area contributed by atoms with E-state index < -0.39 is 5.91 Å². The van der Waals surface area contributed by atoms with E-state index in [1.165, 1.54) is 12.8 Å². The van der Waals surface area contributed by atoms with Crippen LogP contribution in [-0.4, -0.2) is 36.9 Å². The van der Waals surface area contributed by atoms with Gasteiger partial charge in [-0.15, -0.1) is 0 Å². The summed E-state index contributed by atoms with van der Waals surface area (Å²) < 4.78 is 0. The van der Waals surface area contributed by atoms with Gasteiger partial charge >= 0.3 is 0 Å². The summed E-state index contributed by atoms with van der Waals surface area (Å²) >= 11 is 0. The van der Waals surface area contributed by atoms with Crippen molar-refractivity contribution in [3.05, 3.63) is 35.4 Å². The Morgan fingerprint density at radius 2 is 1.95 bits per heavy atom. The van der Waals surface area contributed by atoms with Crippen LogP contribution in [0.5, 0.6) is 0 Å². The largest absolute Gasteiger partial charge is 0.366 e. The van der Waals surface area contributed by atoms with Gasteiger partial charge in [0, 0.05) is 19.2 Å². The molecular weight excluding hydrogens is 254 g/mol. The molecule has 5 heteroatoms. The number of rotatable bonds is 7. The summed E-state index contributed by atoms with van der Waals surface area (Å²) in [4.78, 5) is 24.6. The number of benzene rings is 1. The molecule has 1 aromatic rings. The Kier molecular flexibility index (Phi) is 4.74. The highest BCUT2D eigenvalue weighted by atomic mass is 16.2. The molecule has 0 spiro atoms. The first kappa shape index (κ1) is 14.5. The quantitative estimate of drug-likeness (QED) is 0.771. The predicted octanol–water partition coefficient (Wildman–Crippen LogP) is 0.743. The van der Waals surface area contributed by atoms with Crippen LogP contribution in [0, 0.1) is 5.92 Å². The number of carbonyl (C=O) groups excluding carboxylic acids is 2. The third-order valence-electron chi connectivity index (χ3n) is 3.49. The Bertz CT molecular complexity index is 480. The summed E-state index contributed by atoms with van der Waals surface area (Å²) in [6.45, 7) is 1.85. The standard InChI is InChI=1S/C15H21N3O2/c1-18(14(19)9-17-8-11-2-3-11)10-12-4-6-13(7-5-12)15(16)20/h4-7,11,17H,2-3,8-10H2,1H3,(H2,16,20). The van der Waals surface area contributed by atoms with E-state index in [1.807, 2.05) is 12.1 Å². The topological polar surface area (TPSA) is 75.4 Å². The molecule has 0 saturated heterocycles. The lowest BCUT2D eigenvalue weighted by molar-refractivity contribution is -0.129. The maximum absolute atomic E-state index is 11.9. The number of carbonyl (C=O) groups is 2. The SMILES string of the molecule is CN(Cc1ccc(C(N)=O)cc1)C(=O)CNCC1CC1. The summed E-state index contributed by atoms with van der Waals surface area (Å²) in [5.41, 5.74) is 6.65. The van der Waals surface area contributed by atoms with Crippen LogP contribution < -0.4 is 11.1 Å². The third kappa shape index (κ3) is 4.35. The minimum atomic E-state index is -0.440. The van der Waals surface area contributed by atoms with Gasteiger partial charge in [-0.1, -0.05) is 12.1 Å². The molecule has 0 atom stereocenters. The van der Waals surface area contributed by atoms with Crippen LogP contribution in [0.4, 0.5) is 0 Å². The molecule has 108 valence electrons. The fourth-order valence-electron chi connectivity index (χ4n) is 1.98. The van der Waals surface area contributed by atoms with E-state index in [4.69, 9.17) is 5.73 Å². The molecule has 3 N–H and O–H groups in total. The van der Waals surface area contributed by atoms with Crippen molar-refractivity contribution in [1.82, 2.24) is 10.2 Å². The lowest BCUT2D eigenvalue weighted by Gasteiger charge is -2.17. The number of hydrogen-bond donors (Lipinski definition) is 2. The van der Waals surface area contributed by atoms with E-state index in [2.05, 4.69) is 5.32 Å². The zero-order chi connectivity index (χ0) is 14.5. The highest BCUT2D eigenvalue weighted by Gasteiger charge is 2.21. The van der Waals surface area contributed by atoms with Gasteiger partial charge in [0.1, 0.15) is 0 Å². The first-order chi connectivity index (χ1) is 9.56. The van der Waals surface area contributed by atoms with Crippen LogP contribution in [0.3, 0.4) is 0 Å². The molecule has 2 amide bonds. The number of amides is 2. The molecule has 1 aliphatic rings. The fourth-order valence-corrected chi connectivity index (χ4v) is 1.98. The van der Waals surface area contributed by atoms with Crippen molar-refractivity contribution >= 4 is 11.8 Å². The Morgan fingerprint density at radius 1 is 1.30 bits per heavy atom. The molecule has 1 aliphatic carbocycles. The molecule has 0 radical (unpaired) electrons. The summed E-state index contributed by atoms with van der Waals surface area (Å²) in [7, 11) is 1.78. The Hall–Kier alpha value is -1.88. The van der Waals surface area contributed by atoms with E-state index >= 15 is 0 Å². The van der Waals surface area contributed by atoms with Crippen LogP contribution in [0.2, 0.25) is 0 Å². The predicted molar refractivity (Wildman–Crippen MR) is 77.0 cm³/mol. The average Bonchev–Trinajstić information content (AvgIpc) is 3.23. The Balaban J connectivity index is 1.78.